The Balaban J connectivity index is 0.000000403. The molecule has 0 radical (unpaired) electrons. The molecule has 12 heteroatoms. The highest BCUT2D eigenvalue weighted by molar-refractivity contribution is 6.03. The van der Waals surface area contributed by atoms with E-state index in [-0.39, 0.29) is 35.2 Å². The number of benzene rings is 3. The van der Waals surface area contributed by atoms with E-state index in [0.717, 1.165) is 18.2 Å². The number of aromatic carboxylic acids is 2. The maximum atomic E-state index is 15.0. The third-order valence-electron chi connectivity index (χ3n) is 6.80. The third-order valence-corrected chi connectivity index (χ3v) is 6.80. The molecule has 1 saturated carbocycles. The quantitative estimate of drug-likeness (QED) is 0.204. The maximum Gasteiger partial charge on any atom is 0.416 e. The molecule has 43 heavy (non-hydrogen) atoms. The van der Waals surface area contributed by atoms with Gasteiger partial charge in [-0.3, -0.25) is 9.78 Å². The van der Waals surface area contributed by atoms with E-state index in [0.29, 0.717) is 23.4 Å². The van der Waals surface area contributed by atoms with Crippen LogP contribution in [0.4, 0.5) is 27.6 Å². The number of nitrogens with one attached hydrogen (secondary N) is 1. The first-order valence-corrected chi connectivity index (χ1v) is 12.7. The van der Waals surface area contributed by atoms with Crippen LogP contribution in [0.3, 0.4) is 0 Å². The van der Waals surface area contributed by atoms with Crippen molar-refractivity contribution >= 4 is 23.5 Å². The van der Waals surface area contributed by atoms with Crippen LogP contribution < -0.4 is 5.32 Å². The van der Waals surface area contributed by atoms with Crippen LogP contribution in [-0.2, 0) is 16.4 Å². The van der Waals surface area contributed by atoms with Crippen molar-refractivity contribution < 1.29 is 46.5 Å². The van der Waals surface area contributed by atoms with Gasteiger partial charge < -0.3 is 15.5 Å². The molecule has 3 aromatic carbocycles. The summed E-state index contributed by atoms with van der Waals surface area (Å²) in [4.78, 5) is 39.0. The highest BCUT2D eigenvalue weighted by Gasteiger charge is 2.53. The molecule has 0 atom stereocenters. The molecule has 1 aliphatic carbocycles. The molecule has 1 heterocycles. The van der Waals surface area contributed by atoms with Crippen LogP contribution in [0.15, 0.2) is 79.0 Å². The van der Waals surface area contributed by atoms with Crippen LogP contribution >= 0.6 is 0 Å². The predicted octanol–water partition coefficient (Wildman–Crippen LogP) is 7.11. The van der Waals surface area contributed by atoms with Gasteiger partial charge >= 0.3 is 18.1 Å². The number of amides is 1. The van der Waals surface area contributed by atoms with Gasteiger partial charge in [0.25, 0.3) is 0 Å². The SMILES string of the molecule is Cc1ccc(-c2c(F)cc(NC(=O)C3(c4ccc(C(F)(F)F)cc4F)CC3)cc2C(=O)O)cn1.O=C(O)c1ccccc1. The van der Waals surface area contributed by atoms with Crippen molar-refractivity contribution in [2.45, 2.75) is 31.4 Å². The van der Waals surface area contributed by atoms with E-state index in [2.05, 4.69) is 10.3 Å². The fourth-order valence-electron chi connectivity index (χ4n) is 4.41. The number of alkyl halides is 3. The first kappa shape index (κ1) is 30.8. The Bertz CT molecular complexity index is 1690. The van der Waals surface area contributed by atoms with Gasteiger partial charge in [0.05, 0.1) is 22.1 Å². The van der Waals surface area contributed by atoms with Gasteiger partial charge in [-0.1, -0.05) is 30.3 Å². The number of halogens is 5. The molecular weight excluding hydrogens is 575 g/mol. The number of rotatable bonds is 6. The number of nitrogens with zero attached hydrogens (tertiary/aromatic N) is 1. The Hall–Kier alpha value is -5.13. The van der Waals surface area contributed by atoms with E-state index in [1.165, 1.54) is 12.3 Å². The summed E-state index contributed by atoms with van der Waals surface area (Å²) in [6.45, 7) is 1.71. The molecule has 7 nitrogen and oxygen atoms in total. The first-order valence-electron chi connectivity index (χ1n) is 12.7. The van der Waals surface area contributed by atoms with Crippen LogP contribution in [-0.4, -0.2) is 33.0 Å². The molecule has 0 unspecified atom stereocenters. The van der Waals surface area contributed by atoms with Crippen LogP contribution in [0.2, 0.25) is 0 Å². The molecule has 1 amide bonds. The van der Waals surface area contributed by atoms with Gasteiger partial charge in [0.15, 0.2) is 0 Å². The van der Waals surface area contributed by atoms with Crippen LogP contribution in [0, 0.1) is 18.6 Å². The van der Waals surface area contributed by atoms with Crippen molar-refractivity contribution in [1.82, 2.24) is 4.98 Å². The zero-order valence-corrected chi connectivity index (χ0v) is 22.4. The average Bonchev–Trinajstić information content (AvgIpc) is 3.76. The number of pyridine rings is 1. The Morgan fingerprint density at radius 3 is 2.02 bits per heavy atom. The molecule has 0 aliphatic heterocycles. The lowest BCUT2D eigenvalue weighted by atomic mass is 9.92. The van der Waals surface area contributed by atoms with Crippen molar-refractivity contribution in [1.29, 1.82) is 0 Å². The number of hydrogen-bond donors (Lipinski definition) is 3. The molecule has 3 N–H and O–H groups in total. The summed E-state index contributed by atoms with van der Waals surface area (Å²) >= 11 is 0. The lowest BCUT2D eigenvalue weighted by Gasteiger charge is -2.19. The molecular formula is C31H23F5N2O5. The topological polar surface area (TPSA) is 117 Å². The Labute approximate surface area is 241 Å². The zero-order valence-electron chi connectivity index (χ0n) is 22.4. The first-order chi connectivity index (χ1) is 20.2. The van der Waals surface area contributed by atoms with Gasteiger partial charge in [-0.05, 0) is 62.2 Å². The highest BCUT2D eigenvalue weighted by Crippen LogP contribution is 2.50. The van der Waals surface area contributed by atoms with Gasteiger partial charge in [-0.2, -0.15) is 13.2 Å². The standard InChI is InChI=1S/C24H17F5N2O3.C7H6O2/c1-12-2-3-13(11-30-12)20-16(21(32)33)9-15(10-19(20)26)31-22(34)23(6-7-23)17-5-4-14(8-18(17)25)24(27,28)29;8-7(9)6-4-2-1-3-5-6/h2-5,8-11H,6-7H2,1H3,(H,31,34)(H,32,33);1-5H,(H,8,9). The summed E-state index contributed by atoms with van der Waals surface area (Å²) in [6, 6.07) is 15.3. The van der Waals surface area contributed by atoms with Crippen molar-refractivity contribution in [3.05, 3.63) is 119 Å². The average molecular weight is 599 g/mol. The van der Waals surface area contributed by atoms with Crippen molar-refractivity contribution in [2.75, 3.05) is 5.32 Å². The Kier molecular flexibility index (Phi) is 8.60. The zero-order chi connectivity index (χ0) is 31.5. The lowest BCUT2D eigenvalue weighted by molar-refractivity contribution is -0.137. The largest absolute Gasteiger partial charge is 0.478 e. The number of carbonyl (C=O) groups is 3. The monoisotopic (exact) mass is 598 g/mol. The summed E-state index contributed by atoms with van der Waals surface area (Å²) in [5.74, 6) is -5.20. The summed E-state index contributed by atoms with van der Waals surface area (Å²) < 4.78 is 68.0. The minimum atomic E-state index is -4.74. The number of carbonyl (C=O) groups excluding carboxylic acids is 1. The van der Waals surface area contributed by atoms with Gasteiger partial charge in [0, 0.05) is 34.3 Å². The van der Waals surface area contributed by atoms with Gasteiger partial charge in [-0.15, -0.1) is 0 Å². The number of carboxylic acid groups (broad SMARTS) is 2. The number of hydrogen-bond acceptors (Lipinski definition) is 4. The Morgan fingerprint density at radius 1 is 0.860 bits per heavy atom. The normalized spacial score (nSPS) is 13.3. The summed E-state index contributed by atoms with van der Waals surface area (Å²) in [5, 5.41) is 20.4. The van der Waals surface area contributed by atoms with Crippen LogP contribution in [0.25, 0.3) is 11.1 Å². The Morgan fingerprint density at radius 2 is 1.53 bits per heavy atom. The van der Waals surface area contributed by atoms with Crippen molar-refractivity contribution in [3.8, 4) is 11.1 Å². The second-order valence-corrected chi connectivity index (χ2v) is 9.77. The lowest BCUT2D eigenvalue weighted by Crippen LogP contribution is -2.29. The minimum absolute atomic E-state index is 0.169. The van der Waals surface area contributed by atoms with Crippen LogP contribution in [0.5, 0.6) is 0 Å². The highest BCUT2D eigenvalue weighted by atomic mass is 19.4. The van der Waals surface area contributed by atoms with E-state index < -0.39 is 52.2 Å². The third kappa shape index (κ3) is 6.85. The van der Waals surface area contributed by atoms with Crippen LogP contribution in [0.1, 0.15) is 50.4 Å². The second kappa shape index (κ2) is 12.0. The minimum Gasteiger partial charge on any atom is -0.478 e. The molecule has 222 valence electrons. The summed E-state index contributed by atoms with van der Waals surface area (Å²) in [5.41, 5.74) is -2.43. The molecule has 1 aliphatic rings. The number of aromatic nitrogens is 1. The van der Waals surface area contributed by atoms with Gasteiger partial charge in [0.1, 0.15) is 11.6 Å². The predicted molar refractivity (Wildman–Crippen MR) is 146 cm³/mol. The van der Waals surface area contributed by atoms with Crippen molar-refractivity contribution in [3.63, 3.8) is 0 Å². The van der Waals surface area contributed by atoms with E-state index in [9.17, 15) is 41.4 Å². The molecule has 0 spiro atoms. The molecule has 0 saturated heterocycles. The van der Waals surface area contributed by atoms with Gasteiger partial charge in [-0.25, -0.2) is 18.4 Å². The second-order valence-electron chi connectivity index (χ2n) is 9.77. The fourth-order valence-corrected chi connectivity index (χ4v) is 4.41. The fraction of sp³-hybridized carbons (Fsp3) is 0.161. The molecule has 0 bridgehead atoms. The van der Waals surface area contributed by atoms with E-state index in [1.54, 1.807) is 43.3 Å². The summed E-state index contributed by atoms with van der Waals surface area (Å²) in [6.07, 6.45) is -3.08. The molecule has 1 aromatic heterocycles. The molecule has 5 rings (SSSR count). The summed E-state index contributed by atoms with van der Waals surface area (Å²) in [7, 11) is 0. The molecule has 4 aromatic rings. The van der Waals surface area contributed by atoms with E-state index in [4.69, 9.17) is 5.11 Å². The molecule has 1 fully saturated rings. The smallest absolute Gasteiger partial charge is 0.416 e. The van der Waals surface area contributed by atoms with E-state index >= 15 is 0 Å². The van der Waals surface area contributed by atoms with Crippen molar-refractivity contribution in [2.24, 2.45) is 0 Å². The van der Waals surface area contributed by atoms with Gasteiger partial charge in [0.2, 0.25) is 5.91 Å². The number of anilines is 1. The number of aryl methyl sites for hydroxylation is 1. The van der Waals surface area contributed by atoms with E-state index in [1.807, 2.05) is 0 Å². The number of carboxylic acids is 2. The maximum absolute atomic E-state index is 15.0.